The number of aromatic hydroxyl groups is 1. The lowest BCUT2D eigenvalue weighted by atomic mass is 9.93. The number of hydrogen-bond acceptors (Lipinski definition) is 4. The highest BCUT2D eigenvalue weighted by molar-refractivity contribution is 5.75. The highest BCUT2D eigenvalue weighted by atomic mass is 16.5. The summed E-state index contributed by atoms with van der Waals surface area (Å²) in [5.41, 5.74) is 4.62. The van der Waals surface area contributed by atoms with Gasteiger partial charge in [0.15, 0.2) is 0 Å². The predicted octanol–water partition coefficient (Wildman–Crippen LogP) is 2.33. The molecule has 0 spiro atoms. The standard InChI is InChI=1S/C20H22N2O3/c23-19-5-6-22(20(24)13-19)18-4-3-16-11-15(1-2-17(16)12-18)14-21-7-9-25-10-8-21/h1-2,5-6,11-13,23H,3-4,7-10,14H2. The second kappa shape index (κ2) is 6.86. The van der Waals surface area contributed by atoms with Gasteiger partial charge >= 0.3 is 0 Å². The van der Waals surface area contributed by atoms with Gasteiger partial charge in [0.25, 0.3) is 5.56 Å². The van der Waals surface area contributed by atoms with Gasteiger partial charge in [0.1, 0.15) is 5.75 Å². The van der Waals surface area contributed by atoms with Crippen molar-refractivity contribution in [3.05, 3.63) is 63.6 Å². The summed E-state index contributed by atoms with van der Waals surface area (Å²) >= 11 is 0. The van der Waals surface area contributed by atoms with Crippen LogP contribution in [0.1, 0.15) is 23.1 Å². The molecule has 1 aliphatic heterocycles. The van der Waals surface area contributed by atoms with E-state index in [1.165, 1.54) is 22.8 Å². The quantitative estimate of drug-likeness (QED) is 0.933. The molecule has 0 bridgehead atoms. The van der Waals surface area contributed by atoms with Gasteiger partial charge < -0.3 is 9.84 Å². The number of morpholine rings is 1. The summed E-state index contributed by atoms with van der Waals surface area (Å²) < 4.78 is 7.02. The summed E-state index contributed by atoms with van der Waals surface area (Å²) in [6.45, 7) is 4.58. The third kappa shape index (κ3) is 3.52. The lowest BCUT2D eigenvalue weighted by molar-refractivity contribution is 0.0342. The third-order valence-corrected chi connectivity index (χ3v) is 4.90. The van der Waals surface area contributed by atoms with Crippen molar-refractivity contribution in [2.75, 3.05) is 26.3 Å². The van der Waals surface area contributed by atoms with E-state index in [-0.39, 0.29) is 11.3 Å². The van der Waals surface area contributed by atoms with Gasteiger partial charge in [0.05, 0.1) is 13.2 Å². The molecular weight excluding hydrogens is 316 g/mol. The van der Waals surface area contributed by atoms with Gasteiger partial charge in [-0.05, 0) is 41.7 Å². The molecule has 1 aromatic heterocycles. The first kappa shape index (κ1) is 16.1. The first-order valence-corrected chi connectivity index (χ1v) is 8.73. The minimum absolute atomic E-state index is 0.00538. The van der Waals surface area contributed by atoms with E-state index >= 15 is 0 Å². The minimum Gasteiger partial charge on any atom is -0.508 e. The Morgan fingerprint density at radius 3 is 2.72 bits per heavy atom. The molecule has 0 saturated carbocycles. The number of pyridine rings is 1. The Morgan fingerprint density at radius 2 is 1.92 bits per heavy atom. The summed E-state index contributed by atoms with van der Waals surface area (Å²) in [5, 5.41) is 9.41. The Kier molecular flexibility index (Phi) is 4.42. The molecule has 5 heteroatoms. The Labute approximate surface area is 146 Å². The summed E-state index contributed by atoms with van der Waals surface area (Å²) in [4.78, 5) is 14.5. The van der Waals surface area contributed by atoms with Crippen LogP contribution in [0.5, 0.6) is 5.75 Å². The lowest BCUT2D eigenvalue weighted by Crippen LogP contribution is -2.35. The monoisotopic (exact) mass is 338 g/mol. The van der Waals surface area contributed by atoms with Crippen molar-refractivity contribution in [3.63, 3.8) is 0 Å². The molecule has 0 unspecified atom stereocenters. The van der Waals surface area contributed by atoms with Crippen LogP contribution in [-0.4, -0.2) is 40.9 Å². The van der Waals surface area contributed by atoms with Crippen LogP contribution in [0.3, 0.4) is 0 Å². The Balaban J connectivity index is 1.57. The summed E-state index contributed by atoms with van der Waals surface area (Å²) in [6, 6.07) is 9.41. The zero-order valence-electron chi connectivity index (χ0n) is 14.1. The molecular formula is C20H22N2O3. The topological polar surface area (TPSA) is 54.7 Å². The molecule has 1 N–H and O–H groups in total. The van der Waals surface area contributed by atoms with Crippen LogP contribution in [0.2, 0.25) is 0 Å². The zero-order chi connectivity index (χ0) is 17.2. The Morgan fingerprint density at radius 1 is 1.08 bits per heavy atom. The van der Waals surface area contributed by atoms with E-state index in [2.05, 4.69) is 29.2 Å². The van der Waals surface area contributed by atoms with Crippen LogP contribution in [0.25, 0.3) is 11.8 Å². The lowest BCUT2D eigenvalue weighted by Gasteiger charge is -2.27. The number of ether oxygens (including phenoxy) is 1. The molecule has 2 aliphatic rings. The summed E-state index contributed by atoms with van der Waals surface area (Å²) in [5.74, 6) is 0.00538. The average Bonchev–Trinajstić information content (AvgIpc) is 2.62. The molecule has 2 aromatic rings. The fourth-order valence-corrected chi connectivity index (χ4v) is 3.54. The van der Waals surface area contributed by atoms with Crippen molar-refractivity contribution in [2.24, 2.45) is 0 Å². The normalized spacial score (nSPS) is 17.8. The maximum absolute atomic E-state index is 12.1. The molecule has 130 valence electrons. The fourth-order valence-electron chi connectivity index (χ4n) is 3.54. The van der Waals surface area contributed by atoms with Crippen molar-refractivity contribution < 1.29 is 9.84 Å². The van der Waals surface area contributed by atoms with Crippen molar-refractivity contribution in [3.8, 4) is 5.75 Å². The smallest absolute Gasteiger partial charge is 0.258 e. The molecule has 5 nitrogen and oxygen atoms in total. The SMILES string of the molecule is O=c1cc(O)ccn1C1=Cc2ccc(CN3CCOCC3)cc2CC1. The van der Waals surface area contributed by atoms with Crippen molar-refractivity contribution >= 4 is 11.8 Å². The van der Waals surface area contributed by atoms with Crippen LogP contribution in [0.15, 0.2) is 41.3 Å². The second-order valence-electron chi connectivity index (χ2n) is 6.65. The van der Waals surface area contributed by atoms with E-state index in [0.717, 1.165) is 51.4 Å². The van der Waals surface area contributed by atoms with Gasteiger partial charge in [-0.3, -0.25) is 14.3 Å². The van der Waals surface area contributed by atoms with E-state index in [1.54, 1.807) is 16.8 Å². The fraction of sp³-hybridized carbons (Fsp3) is 0.350. The van der Waals surface area contributed by atoms with Crippen LogP contribution < -0.4 is 5.56 Å². The zero-order valence-corrected chi connectivity index (χ0v) is 14.1. The van der Waals surface area contributed by atoms with Crippen LogP contribution in [0.4, 0.5) is 0 Å². The highest BCUT2D eigenvalue weighted by Crippen LogP contribution is 2.27. The molecule has 0 atom stereocenters. The van der Waals surface area contributed by atoms with Gasteiger partial charge in [-0.2, -0.15) is 0 Å². The Bertz CT molecular complexity index is 863. The van der Waals surface area contributed by atoms with Crippen LogP contribution >= 0.6 is 0 Å². The molecule has 4 rings (SSSR count). The second-order valence-corrected chi connectivity index (χ2v) is 6.65. The number of benzene rings is 1. The molecule has 25 heavy (non-hydrogen) atoms. The van der Waals surface area contributed by atoms with Crippen molar-refractivity contribution in [1.82, 2.24) is 9.47 Å². The van der Waals surface area contributed by atoms with Crippen LogP contribution in [0, 0.1) is 0 Å². The van der Waals surface area contributed by atoms with Gasteiger partial charge in [-0.15, -0.1) is 0 Å². The maximum Gasteiger partial charge on any atom is 0.258 e. The molecule has 0 radical (unpaired) electrons. The molecule has 2 heterocycles. The molecule has 1 fully saturated rings. The first-order valence-electron chi connectivity index (χ1n) is 8.73. The first-order chi connectivity index (χ1) is 12.2. The van der Waals surface area contributed by atoms with E-state index in [0.29, 0.717) is 0 Å². The van der Waals surface area contributed by atoms with Crippen LogP contribution in [-0.2, 0) is 17.7 Å². The molecule has 1 aromatic carbocycles. The summed E-state index contributed by atoms with van der Waals surface area (Å²) in [6.07, 6.45) is 5.46. The number of aromatic nitrogens is 1. The third-order valence-electron chi connectivity index (χ3n) is 4.90. The van der Waals surface area contributed by atoms with Crippen molar-refractivity contribution in [1.29, 1.82) is 0 Å². The van der Waals surface area contributed by atoms with Gasteiger partial charge in [0.2, 0.25) is 0 Å². The number of hydrogen-bond donors (Lipinski definition) is 1. The molecule has 1 aliphatic carbocycles. The number of rotatable bonds is 3. The number of allylic oxidation sites excluding steroid dienone is 1. The van der Waals surface area contributed by atoms with E-state index in [4.69, 9.17) is 4.74 Å². The predicted molar refractivity (Wildman–Crippen MR) is 97.4 cm³/mol. The highest BCUT2D eigenvalue weighted by Gasteiger charge is 2.15. The van der Waals surface area contributed by atoms with E-state index in [9.17, 15) is 9.90 Å². The van der Waals surface area contributed by atoms with Gasteiger partial charge in [-0.1, -0.05) is 18.2 Å². The largest absolute Gasteiger partial charge is 0.508 e. The molecule has 1 saturated heterocycles. The number of nitrogens with zero attached hydrogens (tertiary/aromatic N) is 2. The maximum atomic E-state index is 12.1. The van der Waals surface area contributed by atoms with Crippen molar-refractivity contribution in [2.45, 2.75) is 19.4 Å². The number of aryl methyl sites for hydroxylation is 1. The Hall–Kier alpha value is -2.37. The van der Waals surface area contributed by atoms with Gasteiger partial charge in [-0.25, -0.2) is 0 Å². The average molecular weight is 338 g/mol. The minimum atomic E-state index is -0.196. The van der Waals surface area contributed by atoms with E-state index < -0.39 is 0 Å². The summed E-state index contributed by atoms with van der Waals surface area (Å²) in [7, 11) is 0. The van der Waals surface area contributed by atoms with Gasteiger partial charge in [0, 0.05) is 37.6 Å². The van der Waals surface area contributed by atoms with E-state index in [1.807, 2.05) is 0 Å². The number of fused-ring (bicyclic) bond motifs is 1. The molecule has 0 amide bonds.